The fraction of sp³-hybridized carbons (Fsp3) is 0.278. The average Bonchev–Trinajstić information content (AvgIpc) is 2.53. The molecule has 1 N–H and O–H groups in total. The standard InChI is InChI=1S/C18H21NO3/c1-12-5-8-18(22-4)16(9-12)13(2)19-11-14-10-15(21-3)6-7-17(14)20/h5-11,13,20H,1-4H3/t13-/m1/s1. The van der Waals surface area contributed by atoms with Crippen LogP contribution in [0.25, 0.3) is 0 Å². The molecule has 0 spiro atoms. The van der Waals surface area contributed by atoms with Crippen molar-refractivity contribution in [3.63, 3.8) is 0 Å². The van der Waals surface area contributed by atoms with E-state index >= 15 is 0 Å². The van der Waals surface area contributed by atoms with E-state index in [9.17, 15) is 5.11 Å². The van der Waals surface area contributed by atoms with E-state index in [1.807, 2.05) is 26.0 Å². The molecule has 22 heavy (non-hydrogen) atoms. The van der Waals surface area contributed by atoms with Crippen LogP contribution in [0.2, 0.25) is 0 Å². The average molecular weight is 299 g/mol. The maximum atomic E-state index is 9.89. The number of benzene rings is 2. The molecule has 0 bridgehead atoms. The summed E-state index contributed by atoms with van der Waals surface area (Å²) in [6.45, 7) is 4.03. The molecule has 2 rings (SSSR count). The van der Waals surface area contributed by atoms with Crippen molar-refractivity contribution in [2.24, 2.45) is 4.99 Å². The van der Waals surface area contributed by atoms with Crippen LogP contribution in [0.4, 0.5) is 0 Å². The molecular weight excluding hydrogens is 278 g/mol. The van der Waals surface area contributed by atoms with Gasteiger partial charge < -0.3 is 14.6 Å². The smallest absolute Gasteiger partial charge is 0.124 e. The number of phenols is 1. The number of aryl methyl sites for hydroxylation is 1. The van der Waals surface area contributed by atoms with Crippen LogP contribution < -0.4 is 9.47 Å². The van der Waals surface area contributed by atoms with Crippen molar-refractivity contribution >= 4 is 6.21 Å². The van der Waals surface area contributed by atoms with Gasteiger partial charge in [-0.25, -0.2) is 0 Å². The second-order valence-electron chi connectivity index (χ2n) is 5.12. The Morgan fingerprint density at radius 2 is 1.86 bits per heavy atom. The molecule has 0 amide bonds. The zero-order valence-electron chi connectivity index (χ0n) is 13.3. The first-order chi connectivity index (χ1) is 10.5. The minimum Gasteiger partial charge on any atom is -0.507 e. The summed E-state index contributed by atoms with van der Waals surface area (Å²) in [6, 6.07) is 11.0. The van der Waals surface area contributed by atoms with Crippen molar-refractivity contribution in [2.45, 2.75) is 19.9 Å². The van der Waals surface area contributed by atoms with Crippen LogP contribution in [0.3, 0.4) is 0 Å². The summed E-state index contributed by atoms with van der Waals surface area (Å²) in [5, 5.41) is 9.89. The largest absolute Gasteiger partial charge is 0.507 e. The lowest BCUT2D eigenvalue weighted by Crippen LogP contribution is -1.97. The van der Waals surface area contributed by atoms with Crippen molar-refractivity contribution in [3.8, 4) is 17.2 Å². The van der Waals surface area contributed by atoms with Crippen LogP contribution in [0, 0.1) is 6.92 Å². The topological polar surface area (TPSA) is 51.0 Å². The van der Waals surface area contributed by atoms with E-state index in [0.717, 1.165) is 16.9 Å². The second kappa shape index (κ2) is 6.98. The van der Waals surface area contributed by atoms with Crippen molar-refractivity contribution < 1.29 is 14.6 Å². The zero-order chi connectivity index (χ0) is 16.1. The number of rotatable bonds is 5. The number of hydrogen-bond acceptors (Lipinski definition) is 4. The third kappa shape index (κ3) is 3.58. The van der Waals surface area contributed by atoms with Gasteiger partial charge in [0.1, 0.15) is 17.2 Å². The molecule has 0 unspecified atom stereocenters. The molecule has 2 aromatic rings. The highest BCUT2D eigenvalue weighted by Crippen LogP contribution is 2.29. The molecule has 0 heterocycles. The first-order valence-corrected chi connectivity index (χ1v) is 7.10. The number of nitrogens with zero attached hydrogens (tertiary/aromatic N) is 1. The summed E-state index contributed by atoms with van der Waals surface area (Å²) >= 11 is 0. The van der Waals surface area contributed by atoms with Crippen LogP contribution in [0.1, 0.15) is 29.7 Å². The molecule has 0 aliphatic heterocycles. The molecule has 0 saturated heterocycles. The van der Waals surface area contributed by atoms with E-state index < -0.39 is 0 Å². The van der Waals surface area contributed by atoms with Gasteiger partial charge in [0.2, 0.25) is 0 Å². The molecule has 0 saturated carbocycles. The van der Waals surface area contributed by atoms with Gasteiger partial charge in [0, 0.05) is 17.3 Å². The summed E-state index contributed by atoms with van der Waals surface area (Å²) in [6.07, 6.45) is 1.66. The lowest BCUT2D eigenvalue weighted by atomic mass is 10.0. The lowest BCUT2D eigenvalue weighted by Gasteiger charge is -2.13. The highest BCUT2D eigenvalue weighted by atomic mass is 16.5. The number of hydrogen-bond donors (Lipinski definition) is 1. The SMILES string of the molecule is COc1ccc(O)c(C=N[C@H](C)c2cc(C)ccc2OC)c1. The molecule has 2 aromatic carbocycles. The van der Waals surface area contributed by atoms with Crippen LogP contribution in [0.5, 0.6) is 17.2 Å². The molecule has 116 valence electrons. The Bertz CT molecular complexity index is 680. The van der Waals surface area contributed by atoms with E-state index in [0.29, 0.717) is 11.3 Å². The van der Waals surface area contributed by atoms with Gasteiger partial charge in [-0.3, -0.25) is 4.99 Å². The fourth-order valence-corrected chi connectivity index (χ4v) is 2.22. The number of methoxy groups -OCH3 is 2. The van der Waals surface area contributed by atoms with Gasteiger partial charge in [0.05, 0.1) is 20.3 Å². The number of aromatic hydroxyl groups is 1. The van der Waals surface area contributed by atoms with Crippen LogP contribution >= 0.6 is 0 Å². The van der Waals surface area contributed by atoms with Crippen molar-refractivity contribution in [2.75, 3.05) is 14.2 Å². The third-order valence-electron chi connectivity index (χ3n) is 3.51. The summed E-state index contributed by atoms with van der Waals surface area (Å²) in [5.74, 6) is 1.66. The molecule has 4 heteroatoms. The molecule has 0 fully saturated rings. The summed E-state index contributed by atoms with van der Waals surface area (Å²) in [4.78, 5) is 4.53. The third-order valence-corrected chi connectivity index (χ3v) is 3.51. The maximum Gasteiger partial charge on any atom is 0.124 e. The van der Waals surface area contributed by atoms with E-state index in [4.69, 9.17) is 9.47 Å². The van der Waals surface area contributed by atoms with Gasteiger partial charge in [-0.2, -0.15) is 0 Å². The highest BCUT2D eigenvalue weighted by molar-refractivity contribution is 5.84. The predicted molar refractivity (Wildman–Crippen MR) is 88.4 cm³/mol. The number of aliphatic imine (C=N–C) groups is 1. The Balaban J connectivity index is 2.28. The van der Waals surface area contributed by atoms with E-state index in [1.54, 1.807) is 38.6 Å². The number of phenolic OH excluding ortho intramolecular Hbond substituents is 1. The Labute approximate surface area is 131 Å². The maximum absolute atomic E-state index is 9.89. The molecule has 4 nitrogen and oxygen atoms in total. The Kier molecular flexibility index (Phi) is 5.04. The molecule has 0 radical (unpaired) electrons. The van der Waals surface area contributed by atoms with E-state index in [1.165, 1.54) is 0 Å². The molecular formula is C18H21NO3. The van der Waals surface area contributed by atoms with Gasteiger partial charge in [0.15, 0.2) is 0 Å². The molecule has 1 atom stereocenters. The fourth-order valence-electron chi connectivity index (χ4n) is 2.22. The minimum absolute atomic E-state index is 0.0829. The van der Waals surface area contributed by atoms with Crippen LogP contribution in [-0.4, -0.2) is 25.5 Å². The van der Waals surface area contributed by atoms with Crippen molar-refractivity contribution in [3.05, 3.63) is 53.1 Å². The van der Waals surface area contributed by atoms with Gasteiger partial charge in [0.25, 0.3) is 0 Å². The first kappa shape index (κ1) is 15.9. The van der Waals surface area contributed by atoms with Crippen molar-refractivity contribution in [1.82, 2.24) is 0 Å². The molecule has 0 aliphatic rings. The predicted octanol–water partition coefficient (Wildman–Crippen LogP) is 3.90. The normalized spacial score (nSPS) is 12.4. The van der Waals surface area contributed by atoms with Gasteiger partial charge in [-0.15, -0.1) is 0 Å². The minimum atomic E-state index is -0.0829. The van der Waals surface area contributed by atoms with Gasteiger partial charge in [-0.1, -0.05) is 17.7 Å². The summed E-state index contributed by atoms with van der Waals surface area (Å²) in [7, 11) is 3.24. The first-order valence-electron chi connectivity index (χ1n) is 7.10. The Morgan fingerprint density at radius 3 is 2.55 bits per heavy atom. The van der Waals surface area contributed by atoms with E-state index in [2.05, 4.69) is 11.1 Å². The Hall–Kier alpha value is -2.49. The molecule has 0 aliphatic carbocycles. The van der Waals surface area contributed by atoms with Gasteiger partial charge >= 0.3 is 0 Å². The summed E-state index contributed by atoms with van der Waals surface area (Å²) < 4.78 is 10.6. The number of ether oxygens (including phenoxy) is 2. The highest BCUT2D eigenvalue weighted by Gasteiger charge is 2.10. The Morgan fingerprint density at radius 1 is 1.09 bits per heavy atom. The monoisotopic (exact) mass is 299 g/mol. The second-order valence-corrected chi connectivity index (χ2v) is 5.12. The van der Waals surface area contributed by atoms with Gasteiger partial charge in [-0.05, 0) is 38.1 Å². The van der Waals surface area contributed by atoms with Crippen LogP contribution in [0.15, 0.2) is 41.4 Å². The summed E-state index contributed by atoms with van der Waals surface area (Å²) in [5.41, 5.74) is 2.79. The quantitative estimate of drug-likeness (QED) is 0.852. The molecule has 0 aromatic heterocycles. The van der Waals surface area contributed by atoms with Crippen LogP contribution in [-0.2, 0) is 0 Å². The van der Waals surface area contributed by atoms with E-state index in [-0.39, 0.29) is 11.8 Å². The van der Waals surface area contributed by atoms with Crippen molar-refractivity contribution in [1.29, 1.82) is 0 Å². The lowest BCUT2D eigenvalue weighted by molar-refractivity contribution is 0.407. The zero-order valence-corrected chi connectivity index (χ0v) is 13.3.